The highest BCUT2D eigenvalue weighted by Crippen LogP contribution is 2.25. The van der Waals surface area contributed by atoms with Crippen molar-refractivity contribution in [3.63, 3.8) is 0 Å². The van der Waals surface area contributed by atoms with Crippen LogP contribution in [0, 0.1) is 20.8 Å². The lowest BCUT2D eigenvalue weighted by Crippen LogP contribution is -2.29. The average Bonchev–Trinajstić information content (AvgIpc) is 2.93. The maximum Gasteiger partial charge on any atom is 0.270 e. The van der Waals surface area contributed by atoms with E-state index in [-0.39, 0.29) is 5.91 Å². The fraction of sp³-hybridized carbons (Fsp3) is 0.320. The van der Waals surface area contributed by atoms with E-state index in [1.807, 2.05) is 30.1 Å². The Hall–Kier alpha value is -2.81. The summed E-state index contributed by atoms with van der Waals surface area (Å²) in [5.74, 6) is 0.0799. The minimum absolute atomic E-state index is 0.0799. The van der Waals surface area contributed by atoms with Crippen molar-refractivity contribution in [2.24, 2.45) is 0 Å². The van der Waals surface area contributed by atoms with Gasteiger partial charge >= 0.3 is 0 Å². The average molecular weight is 375 g/mol. The Morgan fingerprint density at radius 3 is 2.18 bits per heavy atom. The second-order valence-corrected chi connectivity index (χ2v) is 7.61. The van der Waals surface area contributed by atoms with Gasteiger partial charge in [-0.1, -0.05) is 67.1 Å². The molecule has 3 aromatic rings. The first kappa shape index (κ1) is 19.9. The fourth-order valence-corrected chi connectivity index (χ4v) is 3.93. The molecule has 2 aromatic carbocycles. The van der Waals surface area contributed by atoms with Gasteiger partial charge in [0.2, 0.25) is 0 Å². The molecule has 0 fully saturated rings. The van der Waals surface area contributed by atoms with Gasteiger partial charge in [0.05, 0.1) is 0 Å². The van der Waals surface area contributed by atoms with E-state index >= 15 is 0 Å². The molecule has 0 bridgehead atoms. The number of aromatic nitrogens is 1. The van der Waals surface area contributed by atoms with E-state index in [0.717, 1.165) is 23.2 Å². The van der Waals surface area contributed by atoms with Gasteiger partial charge in [-0.25, -0.2) is 0 Å². The molecule has 0 saturated carbocycles. The van der Waals surface area contributed by atoms with Crippen LogP contribution in [0.25, 0.3) is 0 Å². The smallest absolute Gasteiger partial charge is 0.270 e. The van der Waals surface area contributed by atoms with Crippen LogP contribution >= 0.6 is 0 Å². The van der Waals surface area contributed by atoms with Gasteiger partial charge in [-0.15, -0.1) is 0 Å². The van der Waals surface area contributed by atoms with Crippen LogP contribution in [-0.2, 0) is 19.5 Å². The number of rotatable bonds is 6. The molecule has 1 aromatic heterocycles. The van der Waals surface area contributed by atoms with Gasteiger partial charge in [-0.3, -0.25) is 4.79 Å². The summed E-state index contributed by atoms with van der Waals surface area (Å²) in [6.07, 6.45) is 0.932. The Morgan fingerprint density at radius 2 is 1.57 bits per heavy atom. The number of aryl methyl sites for hydroxylation is 1. The second kappa shape index (κ2) is 8.47. The largest absolute Gasteiger partial charge is 0.336 e. The minimum Gasteiger partial charge on any atom is -0.336 e. The molecule has 0 aliphatic rings. The maximum atomic E-state index is 13.4. The third-order valence-corrected chi connectivity index (χ3v) is 5.55. The zero-order valence-corrected chi connectivity index (χ0v) is 17.6. The first-order chi connectivity index (χ1) is 13.4. The van der Waals surface area contributed by atoms with E-state index in [4.69, 9.17) is 0 Å². The van der Waals surface area contributed by atoms with Gasteiger partial charge in [0, 0.05) is 25.8 Å². The molecule has 0 N–H and O–H groups in total. The van der Waals surface area contributed by atoms with Crippen molar-refractivity contribution in [2.45, 2.75) is 47.2 Å². The quantitative estimate of drug-likeness (QED) is 0.575. The van der Waals surface area contributed by atoms with Crippen molar-refractivity contribution >= 4 is 5.91 Å². The summed E-state index contributed by atoms with van der Waals surface area (Å²) >= 11 is 0. The van der Waals surface area contributed by atoms with Gasteiger partial charge < -0.3 is 9.47 Å². The molecule has 3 rings (SSSR count). The number of amides is 1. The predicted octanol–water partition coefficient (Wildman–Crippen LogP) is 5.30. The molecule has 3 nitrogen and oxygen atoms in total. The number of carbonyl (C=O) groups is 1. The summed E-state index contributed by atoms with van der Waals surface area (Å²) in [7, 11) is 1.89. The van der Waals surface area contributed by atoms with Crippen LogP contribution in [0.2, 0.25) is 0 Å². The molecule has 0 unspecified atom stereocenters. The maximum absolute atomic E-state index is 13.4. The molecule has 0 spiro atoms. The van der Waals surface area contributed by atoms with Crippen molar-refractivity contribution in [3.8, 4) is 0 Å². The zero-order valence-electron chi connectivity index (χ0n) is 17.6. The van der Waals surface area contributed by atoms with Gasteiger partial charge in [0.1, 0.15) is 5.69 Å². The summed E-state index contributed by atoms with van der Waals surface area (Å²) in [6, 6.07) is 18.7. The van der Waals surface area contributed by atoms with Gasteiger partial charge in [0.25, 0.3) is 5.91 Å². The van der Waals surface area contributed by atoms with Crippen LogP contribution in [0.15, 0.2) is 54.6 Å². The summed E-state index contributed by atoms with van der Waals surface area (Å²) in [5, 5.41) is 0. The molecule has 1 heterocycles. The lowest BCUT2D eigenvalue weighted by molar-refractivity contribution is 0.0773. The van der Waals surface area contributed by atoms with Gasteiger partial charge in [-0.05, 0) is 49.4 Å². The molecule has 3 heteroatoms. The van der Waals surface area contributed by atoms with Crippen molar-refractivity contribution in [3.05, 3.63) is 93.8 Å². The molecule has 0 radical (unpaired) electrons. The third kappa shape index (κ3) is 4.04. The predicted molar refractivity (Wildman–Crippen MR) is 116 cm³/mol. The molecular formula is C25H30N2O. The second-order valence-electron chi connectivity index (χ2n) is 7.61. The summed E-state index contributed by atoms with van der Waals surface area (Å²) < 4.78 is 2.20. The molecule has 1 amide bonds. The van der Waals surface area contributed by atoms with Crippen molar-refractivity contribution in [1.29, 1.82) is 0 Å². The molecule has 0 aliphatic carbocycles. The number of hydrogen-bond donors (Lipinski definition) is 0. The Kier molecular flexibility index (Phi) is 6.03. The molecule has 146 valence electrons. The highest BCUT2D eigenvalue weighted by Gasteiger charge is 2.24. The van der Waals surface area contributed by atoms with Crippen LogP contribution in [0.3, 0.4) is 0 Å². The Bertz CT molecular complexity index is 952. The number of carbonyl (C=O) groups excluding carboxylic acids is 1. The van der Waals surface area contributed by atoms with Gasteiger partial charge in [0.15, 0.2) is 0 Å². The van der Waals surface area contributed by atoms with Crippen molar-refractivity contribution in [2.75, 3.05) is 7.05 Å². The van der Waals surface area contributed by atoms with E-state index in [1.54, 1.807) is 0 Å². The van der Waals surface area contributed by atoms with E-state index < -0.39 is 0 Å². The van der Waals surface area contributed by atoms with E-state index in [2.05, 4.69) is 68.7 Å². The van der Waals surface area contributed by atoms with Crippen LogP contribution < -0.4 is 0 Å². The Labute approximate surface area is 168 Å². The van der Waals surface area contributed by atoms with Gasteiger partial charge in [-0.2, -0.15) is 0 Å². The molecule has 28 heavy (non-hydrogen) atoms. The molecular weight excluding hydrogens is 344 g/mol. The topological polar surface area (TPSA) is 25.2 Å². The SMILES string of the molecule is CCc1c(C)c(C(=O)N(C)Cc2ccccc2)n(Cc2ccc(C)cc2)c1C. The lowest BCUT2D eigenvalue weighted by Gasteiger charge is -2.20. The number of nitrogens with zero attached hydrogens (tertiary/aromatic N) is 2. The monoisotopic (exact) mass is 374 g/mol. The lowest BCUT2D eigenvalue weighted by atomic mass is 10.1. The number of benzene rings is 2. The van der Waals surface area contributed by atoms with Crippen LogP contribution in [-0.4, -0.2) is 22.4 Å². The standard InChI is InChI=1S/C25H30N2O/c1-6-23-19(3)24(25(28)26(5)16-21-10-8-7-9-11-21)27(20(23)4)17-22-14-12-18(2)13-15-22/h7-15H,6,16-17H2,1-5H3. The normalized spacial score (nSPS) is 10.9. The van der Waals surface area contributed by atoms with Crippen molar-refractivity contribution in [1.82, 2.24) is 9.47 Å². The molecule has 0 saturated heterocycles. The Balaban J connectivity index is 1.96. The zero-order chi connectivity index (χ0) is 20.3. The Morgan fingerprint density at radius 1 is 0.929 bits per heavy atom. The number of hydrogen-bond acceptors (Lipinski definition) is 1. The minimum atomic E-state index is 0.0799. The third-order valence-electron chi connectivity index (χ3n) is 5.55. The van der Waals surface area contributed by atoms with E-state index in [9.17, 15) is 4.79 Å². The van der Waals surface area contributed by atoms with Crippen LogP contribution in [0.5, 0.6) is 0 Å². The molecule has 0 atom stereocenters. The highest BCUT2D eigenvalue weighted by molar-refractivity contribution is 5.94. The first-order valence-corrected chi connectivity index (χ1v) is 9.95. The molecule has 0 aliphatic heterocycles. The first-order valence-electron chi connectivity index (χ1n) is 9.95. The van der Waals surface area contributed by atoms with Crippen molar-refractivity contribution < 1.29 is 4.79 Å². The van der Waals surface area contributed by atoms with Crippen LogP contribution in [0.1, 0.15) is 50.9 Å². The van der Waals surface area contributed by atoms with Crippen LogP contribution in [0.4, 0.5) is 0 Å². The van der Waals surface area contributed by atoms with E-state index in [1.165, 1.54) is 22.4 Å². The summed E-state index contributed by atoms with van der Waals surface area (Å²) in [4.78, 5) is 15.2. The van der Waals surface area contributed by atoms with E-state index in [0.29, 0.717) is 13.1 Å². The fourth-order valence-electron chi connectivity index (χ4n) is 3.93. The summed E-state index contributed by atoms with van der Waals surface area (Å²) in [5.41, 5.74) is 7.99. The highest BCUT2D eigenvalue weighted by atomic mass is 16.2. The summed E-state index contributed by atoms with van der Waals surface area (Å²) in [6.45, 7) is 9.79.